The van der Waals surface area contributed by atoms with Crippen LogP contribution in [0.15, 0.2) is 35.5 Å². The molecule has 0 saturated carbocycles. The molecule has 0 aromatic heterocycles. The Bertz CT molecular complexity index is 431. The minimum absolute atomic E-state index is 0.331. The van der Waals surface area contributed by atoms with Crippen molar-refractivity contribution in [3.05, 3.63) is 51.9 Å². The molecule has 0 amide bonds. The molecule has 0 fully saturated rings. The molecule has 0 bridgehead atoms. The van der Waals surface area contributed by atoms with Crippen LogP contribution in [0.3, 0.4) is 0 Å². The first-order valence-electron chi connectivity index (χ1n) is 4.62. The van der Waals surface area contributed by atoms with E-state index in [-0.39, 0.29) is 0 Å². The second-order valence-corrected chi connectivity index (χ2v) is 2.99. The van der Waals surface area contributed by atoms with Crippen molar-refractivity contribution in [2.45, 2.75) is 6.54 Å². The number of esters is 1. The SMILES string of the molecule is COC(=O)/C=C/c1ccc(CN=[N+]=[N-])cc1. The van der Waals surface area contributed by atoms with E-state index in [1.165, 1.54) is 13.2 Å². The number of carbonyl (C=O) groups is 1. The van der Waals surface area contributed by atoms with Crippen molar-refractivity contribution >= 4 is 12.0 Å². The number of rotatable bonds is 4. The fourth-order valence-corrected chi connectivity index (χ4v) is 1.08. The van der Waals surface area contributed by atoms with Crippen molar-refractivity contribution in [3.8, 4) is 0 Å². The highest BCUT2D eigenvalue weighted by atomic mass is 16.5. The van der Waals surface area contributed by atoms with E-state index in [2.05, 4.69) is 14.8 Å². The van der Waals surface area contributed by atoms with Crippen LogP contribution in [-0.4, -0.2) is 13.1 Å². The summed E-state index contributed by atoms with van der Waals surface area (Å²) in [4.78, 5) is 13.5. The summed E-state index contributed by atoms with van der Waals surface area (Å²) >= 11 is 0. The number of azide groups is 1. The van der Waals surface area contributed by atoms with Gasteiger partial charge in [0.15, 0.2) is 0 Å². The molecular formula is C11H11N3O2. The molecule has 0 spiro atoms. The number of nitrogens with zero attached hydrogens (tertiary/aromatic N) is 3. The summed E-state index contributed by atoms with van der Waals surface area (Å²) in [5.41, 5.74) is 9.96. The lowest BCUT2D eigenvalue weighted by molar-refractivity contribution is -0.134. The van der Waals surface area contributed by atoms with Crippen LogP contribution in [0.5, 0.6) is 0 Å². The van der Waals surface area contributed by atoms with Gasteiger partial charge in [0, 0.05) is 11.0 Å². The van der Waals surface area contributed by atoms with Gasteiger partial charge in [-0.1, -0.05) is 29.4 Å². The number of carbonyl (C=O) groups excluding carboxylic acids is 1. The molecule has 1 rings (SSSR count). The van der Waals surface area contributed by atoms with Gasteiger partial charge >= 0.3 is 5.97 Å². The molecule has 0 N–H and O–H groups in total. The molecule has 0 aliphatic rings. The predicted octanol–water partition coefficient (Wildman–Crippen LogP) is 2.68. The highest BCUT2D eigenvalue weighted by molar-refractivity contribution is 5.86. The Labute approximate surface area is 93.0 Å². The summed E-state index contributed by atoms with van der Waals surface area (Å²) in [7, 11) is 1.33. The lowest BCUT2D eigenvalue weighted by atomic mass is 10.1. The third-order valence-electron chi connectivity index (χ3n) is 1.91. The average molecular weight is 217 g/mol. The Hall–Kier alpha value is -2.26. The zero-order valence-electron chi connectivity index (χ0n) is 8.83. The van der Waals surface area contributed by atoms with Crippen LogP contribution in [-0.2, 0) is 16.1 Å². The molecule has 0 atom stereocenters. The first kappa shape index (κ1) is 11.8. The maximum atomic E-state index is 10.8. The summed E-state index contributed by atoms with van der Waals surface area (Å²) in [6.07, 6.45) is 3.01. The van der Waals surface area contributed by atoms with Crippen LogP contribution in [0.1, 0.15) is 11.1 Å². The largest absolute Gasteiger partial charge is 0.466 e. The second kappa shape index (κ2) is 6.27. The fraction of sp³-hybridized carbons (Fsp3) is 0.182. The van der Waals surface area contributed by atoms with Gasteiger partial charge in [-0.05, 0) is 22.7 Å². The van der Waals surface area contributed by atoms with E-state index in [1.807, 2.05) is 24.3 Å². The van der Waals surface area contributed by atoms with Crippen LogP contribution in [0.4, 0.5) is 0 Å². The Morgan fingerprint density at radius 2 is 2.19 bits per heavy atom. The van der Waals surface area contributed by atoms with E-state index in [0.29, 0.717) is 6.54 Å². The minimum Gasteiger partial charge on any atom is -0.466 e. The molecule has 0 aliphatic heterocycles. The second-order valence-electron chi connectivity index (χ2n) is 2.99. The van der Waals surface area contributed by atoms with Crippen molar-refractivity contribution in [1.29, 1.82) is 0 Å². The summed E-state index contributed by atoms with van der Waals surface area (Å²) in [6, 6.07) is 7.35. The van der Waals surface area contributed by atoms with Crippen molar-refractivity contribution < 1.29 is 9.53 Å². The summed E-state index contributed by atoms with van der Waals surface area (Å²) in [5.74, 6) is -0.391. The molecule has 0 heterocycles. The maximum absolute atomic E-state index is 10.8. The van der Waals surface area contributed by atoms with Gasteiger partial charge < -0.3 is 4.74 Å². The molecular weight excluding hydrogens is 206 g/mol. The molecule has 5 nitrogen and oxygen atoms in total. The standard InChI is InChI=1S/C11H11N3O2/c1-16-11(15)7-6-9-2-4-10(5-3-9)8-13-14-12/h2-7H,8H2,1H3/b7-6+. The van der Waals surface area contributed by atoms with E-state index in [4.69, 9.17) is 5.53 Å². The minimum atomic E-state index is -0.391. The fourth-order valence-electron chi connectivity index (χ4n) is 1.08. The molecule has 0 radical (unpaired) electrons. The molecule has 5 heteroatoms. The van der Waals surface area contributed by atoms with Gasteiger partial charge in [0.25, 0.3) is 0 Å². The van der Waals surface area contributed by atoms with Crippen LogP contribution in [0.2, 0.25) is 0 Å². The van der Waals surface area contributed by atoms with Crippen molar-refractivity contribution in [3.63, 3.8) is 0 Å². The molecule has 0 aliphatic carbocycles. The van der Waals surface area contributed by atoms with Gasteiger partial charge in [-0.25, -0.2) is 4.79 Å². The smallest absolute Gasteiger partial charge is 0.330 e. The number of benzene rings is 1. The van der Waals surface area contributed by atoms with Gasteiger partial charge in [-0.15, -0.1) is 0 Å². The Morgan fingerprint density at radius 1 is 1.50 bits per heavy atom. The van der Waals surface area contributed by atoms with E-state index in [0.717, 1.165) is 11.1 Å². The topological polar surface area (TPSA) is 75.1 Å². The molecule has 82 valence electrons. The quantitative estimate of drug-likeness (QED) is 0.255. The first-order chi connectivity index (χ1) is 7.76. The first-order valence-corrected chi connectivity index (χ1v) is 4.62. The van der Waals surface area contributed by atoms with E-state index < -0.39 is 5.97 Å². The zero-order valence-corrected chi connectivity index (χ0v) is 8.83. The van der Waals surface area contributed by atoms with Gasteiger partial charge in [0.05, 0.1) is 13.7 Å². The molecule has 1 aromatic carbocycles. The molecule has 0 saturated heterocycles. The molecule has 0 unspecified atom stereocenters. The Kier molecular flexibility index (Phi) is 4.63. The van der Waals surface area contributed by atoms with Crippen LogP contribution in [0.25, 0.3) is 16.5 Å². The van der Waals surface area contributed by atoms with Crippen molar-refractivity contribution in [1.82, 2.24) is 0 Å². The normalized spacial score (nSPS) is 9.81. The number of ether oxygens (including phenoxy) is 1. The third kappa shape index (κ3) is 3.86. The third-order valence-corrected chi connectivity index (χ3v) is 1.91. The number of methoxy groups -OCH3 is 1. The lowest BCUT2D eigenvalue weighted by Crippen LogP contribution is -1.93. The lowest BCUT2D eigenvalue weighted by Gasteiger charge is -1.96. The van der Waals surface area contributed by atoms with Gasteiger partial charge in [0.2, 0.25) is 0 Å². The van der Waals surface area contributed by atoms with Crippen LogP contribution in [0, 0.1) is 0 Å². The Morgan fingerprint density at radius 3 is 2.75 bits per heavy atom. The van der Waals surface area contributed by atoms with E-state index in [9.17, 15) is 4.79 Å². The van der Waals surface area contributed by atoms with E-state index in [1.54, 1.807) is 6.08 Å². The highest BCUT2D eigenvalue weighted by Crippen LogP contribution is 2.07. The highest BCUT2D eigenvalue weighted by Gasteiger charge is 1.93. The zero-order chi connectivity index (χ0) is 11.8. The van der Waals surface area contributed by atoms with Gasteiger partial charge in [-0.3, -0.25) is 0 Å². The van der Waals surface area contributed by atoms with Gasteiger partial charge in [-0.2, -0.15) is 0 Å². The molecule has 16 heavy (non-hydrogen) atoms. The Balaban J connectivity index is 2.67. The summed E-state index contributed by atoms with van der Waals surface area (Å²) in [5, 5.41) is 3.45. The van der Waals surface area contributed by atoms with Crippen molar-refractivity contribution in [2.24, 2.45) is 5.11 Å². The van der Waals surface area contributed by atoms with Gasteiger partial charge in [0.1, 0.15) is 0 Å². The monoisotopic (exact) mass is 217 g/mol. The number of hydrogen-bond acceptors (Lipinski definition) is 3. The predicted molar refractivity (Wildman–Crippen MR) is 60.3 cm³/mol. The summed E-state index contributed by atoms with van der Waals surface area (Å²) < 4.78 is 4.47. The summed E-state index contributed by atoms with van der Waals surface area (Å²) in [6.45, 7) is 0.331. The van der Waals surface area contributed by atoms with Crippen molar-refractivity contribution in [2.75, 3.05) is 7.11 Å². The van der Waals surface area contributed by atoms with Crippen LogP contribution < -0.4 is 0 Å². The molecule has 1 aromatic rings. The number of hydrogen-bond donors (Lipinski definition) is 0. The van der Waals surface area contributed by atoms with E-state index >= 15 is 0 Å². The average Bonchev–Trinajstić information content (AvgIpc) is 2.34. The van der Waals surface area contributed by atoms with Crippen LogP contribution >= 0.6 is 0 Å². The maximum Gasteiger partial charge on any atom is 0.330 e.